The first kappa shape index (κ1) is 21.7. The van der Waals surface area contributed by atoms with Crippen LogP contribution in [0.15, 0.2) is 59.4 Å². The van der Waals surface area contributed by atoms with E-state index < -0.39 is 5.54 Å². The van der Waals surface area contributed by atoms with Gasteiger partial charge in [-0.3, -0.25) is 19.2 Å². The molecule has 0 aliphatic carbocycles. The van der Waals surface area contributed by atoms with Gasteiger partial charge in [0.2, 0.25) is 5.91 Å². The van der Waals surface area contributed by atoms with Gasteiger partial charge < -0.3 is 10.2 Å². The molecule has 1 N–H and O–H groups in total. The fourth-order valence-electron chi connectivity index (χ4n) is 4.99. The van der Waals surface area contributed by atoms with E-state index in [4.69, 9.17) is 11.6 Å². The molecule has 0 radical (unpaired) electrons. The molecule has 2 fully saturated rings. The van der Waals surface area contributed by atoms with E-state index >= 15 is 0 Å². The third kappa shape index (κ3) is 3.63. The van der Waals surface area contributed by atoms with E-state index in [0.29, 0.717) is 50.5 Å². The highest BCUT2D eigenvalue weighted by Crippen LogP contribution is 2.36. The quantitative estimate of drug-likeness (QED) is 0.638. The van der Waals surface area contributed by atoms with Crippen molar-refractivity contribution in [3.8, 4) is 5.69 Å². The van der Waals surface area contributed by atoms with Crippen molar-refractivity contribution in [2.24, 2.45) is 7.05 Å². The number of carbonyl (C=O) groups is 1. The number of nitrogens with zero attached hydrogens (tertiary/aromatic N) is 4. The van der Waals surface area contributed by atoms with Crippen molar-refractivity contribution in [1.29, 1.82) is 0 Å². The minimum absolute atomic E-state index is 0.0684. The van der Waals surface area contributed by atoms with E-state index in [1.807, 2.05) is 30.3 Å². The summed E-state index contributed by atoms with van der Waals surface area (Å²) in [5.74, 6) is -0.297. The minimum atomic E-state index is -0.562. The van der Waals surface area contributed by atoms with Crippen LogP contribution in [0.3, 0.4) is 0 Å². The van der Waals surface area contributed by atoms with Crippen molar-refractivity contribution in [3.05, 3.63) is 81.5 Å². The Morgan fingerprint density at radius 3 is 2.33 bits per heavy atom. The fraction of sp³-hybridized carbons (Fsp3) is 0.333. The van der Waals surface area contributed by atoms with Crippen LogP contribution < -0.4 is 15.8 Å². The number of piperidine rings is 1. The summed E-state index contributed by atoms with van der Waals surface area (Å²) in [5, 5.41) is 3.18. The number of hydrogen-bond acceptors (Lipinski definition) is 4. The molecule has 9 heteroatoms. The van der Waals surface area contributed by atoms with Crippen molar-refractivity contribution < 1.29 is 9.18 Å². The molecule has 1 amide bonds. The third-order valence-electron chi connectivity index (χ3n) is 6.86. The highest BCUT2D eigenvalue weighted by molar-refractivity contribution is 6.31. The number of para-hydroxylation sites is 1. The summed E-state index contributed by atoms with van der Waals surface area (Å²) in [6, 6.07) is 15.7. The molecule has 7 nitrogen and oxygen atoms in total. The molecule has 2 aliphatic heterocycles. The Morgan fingerprint density at radius 2 is 1.67 bits per heavy atom. The molecule has 2 aliphatic rings. The SMILES string of the molecule is Cn1c(CN2CCC3(CC2)C(=O)NCN3c2ccccc2)c(Cl)c(=O)n1-c1ccc(F)cc1. The second kappa shape index (κ2) is 8.35. The molecule has 3 aromatic rings. The van der Waals surface area contributed by atoms with Gasteiger partial charge in [0.05, 0.1) is 18.1 Å². The summed E-state index contributed by atoms with van der Waals surface area (Å²) >= 11 is 6.44. The van der Waals surface area contributed by atoms with Crippen LogP contribution in [-0.2, 0) is 18.4 Å². The van der Waals surface area contributed by atoms with E-state index in [1.165, 1.54) is 16.8 Å². The summed E-state index contributed by atoms with van der Waals surface area (Å²) in [4.78, 5) is 30.1. The van der Waals surface area contributed by atoms with Gasteiger partial charge in [0.1, 0.15) is 16.4 Å². The molecule has 0 atom stereocenters. The van der Waals surface area contributed by atoms with Gasteiger partial charge >= 0.3 is 0 Å². The number of halogens is 2. The summed E-state index contributed by atoms with van der Waals surface area (Å²) in [6.45, 7) is 2.39. The van der Waals surface area contributed by atoms with Crippen LogP contribution >= 0.6 is 11.6 Å². The van der Waals surface area contributed by atoms with Crippen LogP contribution in [0, 0.1) is 5.82 Å². The minimum Gasteiger partial charge on any atom is -0.339 e. The van der Waals surface area contributed by atoms with Crippen LogP contribution in [0.1, 0.15) is 18.5 Å². The average molecular weight is 470 g/mol. The van der Waals surface area contributed by atoms with E-state index in [0.717, 1.165) is 5.69 Å². The Morgan fingerprint density at radius 1 is 1.00 bits per heavy atom. The highest BCUT2D eigenvalue weighted by Gasteiger charge is 2.50. The Bertz CT molecular complexity index is 1230. The molecule has 0 unspecified atom stereocenters. The Kier molecular flexibility index (Phi) is 5.50. The van der Waals surface area contributed by atoms with E-state index in [9.17, 15) is 14.0 Å². The Balaban J connectivity index is 1.36. The highest BCUT2D eigenvalue weighted by atomic mass is 35.5. The van der Waals surface area contributed by atoms with Crippen LogP contribution in [0.2, 0.25) is 5.02 Å². The van der Waals surface area contributed by atoms with Crippen LogP contribution in [0.5, 0.6) is 0 Å². The van der Waals surface area contributed by atoms with Gasteiger partial charge in [0, 0.05) is 32.4 Å². The maximum Gasteiger partial charge on any atom is 0.290 e. The molecule has 2 aromatic carbocycles. The van der Waals surface area contributed by atoms with Crippen molar-refractivity contribution >= 4 is 23.2 Å². The molecule has 2 saturated heterocycles. The normalized spacial score (nSPS) is 18.2. The number of anilines is 1. The van der Waals surface area contributed by atoms with Gasteiger partial charge in [-0.25, -0.2) is 9.07 Å². The number of rotatable bonds is 4. The number of carbonyl (C=O) groups excluding carboxylic acids is 1. The van der Waals surface area contributed by atoms with E-state index in [2.05, 4.69) is 15.1 Å². The first-order chi connectivity index (χ1) is 15.9. The maximum atomic E-state index is 13.3. The summed E-state index contributed by atoms with van der Waals surface area (Å²) in [6.07, 6.45) is 1.36. The summed E-state index contributed by atoms with van der Waals surface area (Å²) < 4.78 is 16.5. The van der Waals surface area contributed by atoms with Gasteiger partial charge in [-0.05, 0) is 49.2 Å². The molecular weight excluding hydrogens is 445 g/mol. The lowest BCUT2D eigenvalue weighted by Gasteiger charge is -2.43. The monoisotopic (exact) mass is 469 g/mol. The Hall–Kier alpha value is -3.10. The third-order valence-corrected chi connectivity index (χ3v) is 7.24. The number of aromatic nitrogens is 2. The van der Waals surface area contributed by atoms with Gasteiger partial charge in [-0.15, -0.1) is 0 Å². The standard InChI is InChI=1S/C24H25ClFN5O2/c1-28-20(21(25)22(32)31(28)19-9-7-17(26)8-10-19)15-29-13-11-24(12-14-29)23(33)27-16-30(24)18-5-3-2-4-6-18/h2-10H,11-16H2,1H3,(H,27,33). The second-order valence-corrected chi connectivity index (χ2v) is 8.99. The molecule has 1 spiro atoms. The molecular formula is C24H25ClFN5O2. The lowest BCUT2D eigenvalue weighted by Crippen LogP contribution is -2.56. The fourth-order valence-corrected chi connectivity index (χ4v) is 5.25. The van der Waals surface area contributed by atoms with Crippen LogP contribution in [-0.4, -0.2) is 45.5 Å². The number of hydrogen-bond donors (Lipinski definition) is 1. The van der Waals surface area contributed by atoms with Gasteiger partial charge in [0.15, 0.2) is 0 Å². The molecule has 0 bridgehead atoms. The predicted octanol–water partition coefficient (Wildman–Crippen LogP) is 2.90. The van der Waals surface area contributed by atoms with Gasteiger partial charge in [-0.2, -0.15) is 0 Å². The lowest BCUT2D eigenvalue weighted by molar-refractivity contribution is -0.125. The zero-order valence-corrected chi connectivity index (χ0v) is 19.1. The second-order valence-electron chi connectivity index (χ2n) is 8.61. The zero-order valence-electron chi connectivity index (χ0n) is 18.3. The number of likely N-dealkylation sites (tertiary alicyclic amines) is 1. The summed E-state index contributed by atoms with van der Waals surface area (Å²) in [5.41, 5.74) is 1.38. The van der Waals surface area contributed by atoms with Gasteiger partial charge in [-0.1, -0.05) is 29.8 Å². The zero-order chi connectivity index (χ0) is 23.2. The van der Waals surface area contributed by atoms with E-state index in [-0.39, 0.29) is 22.3 Å². The van der Waals surface area contributed by atoms with Crippen LogP contribution in [0.4, 0.5) is 10.1 Å². The first-order valence-corrected chi connectivity index (χ1v) is 11.3. The maximum absolute atomic E-state index is 13.3. The molecule has 3 heterocycles. The lowest BCUT2D eigenvalue weighted by atomic mass is 9.85. The molecule has 0 saturated carbocycles. The van der Waals surface area contributed by atoms with Crippen molar-refractivity contribution in [2.75, 3.05) is 24.7 Å². The van der Waals surface area contributed by atoms with Crippen molar-refractivity contribution in [1.82, 2.24) is 19.6 Å². The largest absolute Gasteiger partial charge is 0.339 e. The molecule has 1 aromatic heterocycles. The number of benzene rings is 2. The molecule has 33 heavy (non-hydrogen) atoms. The van der Waals surface area contributed by atoms with Crippen LogP contribution in [0.25, 0.3) is 5.69 Å². The molecule has 172 valence electrons. The molecule has 5 rings (SSSR count). The topological polar surface area (TPSA) is 62.5 Å². The first-order valence-electron chi connectivity index (χ1n) is 11.0. The number of amides is 1. The van der Waals surface area contributed by atoms with Gasteiger partial charge in [0.25, 0.3) is 5.56 Å². The smallest absolute Gasteiger partial charge is 0.290 e. The Labute approximate surface area is 195 Å². The van der Waals surface area contributed by atoms with Crippen molar-refractivity contribution in [3.63, 3.8) is 0 Å². The predicted molar refractivity (Wildman–Crippen MR) is 125 cm³/mol. The summed E-state index contributed by atoms with van der Waals surface area (Å²) in [7, 11) is 1.78. The average Bonchev–Trinajstić information content (AvgIpc) is 3.25. The van der Waals surface area contributed by atoms with E-state index in [1.54, 1.807) is 23.9 Å². The van der Waals surface area contributed by atoms with Crippen molar-refractivity contribution in [2.45, 2.75) is 24.9 Å². The number of nitrogens with one attached hydrogen (secondary N) is 1.